The van der Waals surface area contributed by atoms with Crippen molar-refractivity contribution in [3.05, 3.63) is 0 Å². The molecule has 0 saturated heterocycles. The van der Waals surface area contributed by atoms with Gasteiger partial charge in [0, 0.05) is 5.54 Å². The molecular weight excluding hydrogens is 178 g/mol. The van der Waals surface area contributed by atoms with Gasteiger partial charge in [-0.3, -0.25) is 4.79 Å². The third-order valence-corrected chi connectivity index (χ3v) is 3.29. The van der Waals surface area contributed by atoms with Gasteiger partial charge in [0.25, 0.3) is 0 Å². The number of carboxylic acids is 1. The lowest BCUT2D eigenvalue weighted by Crippen LogP contribution is -2.57. The summed E-state index contributed by atoms with van der Waals surface area (Å²) in [5, 5.41) is 12.2. The molecule has 0 aliphatic heterocycles. The molecule has 14 heavy (non-hydrogen) atoms. The van der Waals surface area contributed by atoms with Crippen molar-refractivity contribution in [2.75, 3.05) is 6.54 Å². The molecule has 0 atom stereocenters. The molecule has 0 bridgehead atoms. The summed E-state index contributed by atoms with van der Waals surface area (Å²) in [5.41, 5.74) is -0.102. The minimum atomic E-state index is -0.687. The molecule has 1 aliphatic rings. The summed E-state index contributed by atoms with van der Waals surface area (Å²) in [6.07, 6.45) is 2.31. The molecule has 3 heteroatoms. The van der Waals surface area contributed by atoms with Gasteiger partial charge in [-0.05, 0) is 31.2 Å². The van der Waals surface area contributed by atoms with E-state index in [4.69, 9.17) is 5.11 Å². The zero-order valence-corrected chi connectivity index (χ0v) is 9.34. The van der Waals surface area contributed by atoms with E-state index in [0.717, 1.165) is 19.4 Å². The van der Waals surface area contributed by atoms with Gasteiger partial charge in [-0.15, -0.1) is 0 Å². The lowest BCUT2D eigenvalue weighted by molar-refractivity contribution is -0.140. The number of carbonyl (C=O) groups is 1. The Morgan fingerprint density at radius 3 is 2.50 bits per heavy atom. The number of aliphatic carboxylic acids is 1. The van der Waals surface area contributed by atoms with Crippen molar-refractivity contribution in [1.82, 2.24) is 5.32 Å². The van der Waals surface area contributed by atoms with Gasteiger partial charge < -0.3 is 10.4 Å². The van der Waals surface area contributed by atoms with Crippen LogP contribution in [-0.2, 0) is 4.79 Å². The maximum atomic E-state index is 10.7. The molecule has 1 aliphatic carbocycles. The summed E-state index contributed by atoms with van der Waals surface area (Å²) in [6, 6.07) is 0. The van der Waals surface area contributed by atoms with E-state index in [2.05, 4.69) is 19.2 Å². The molecule has 2 N–H and O–H groups in total. The summed E-state index contributed by atoms with van der Waals surface area (Å²) < 4.78 is 0. The van der Waals surface area contributed by atoms with Gasteiger partial charge in [-0.2, -0.15) is 0 Å². The second kappa shape index (κ2) is 4.30. The van der Waals surface area contributed by atoms with E-state index in [1.807, 2.05) is 6.92 Å². The molecule has 3 nitrogen and oxygen atoms in total. The first-order valence-corrected chi connectivity index (χ1v) is 5.46. The van der Waals surface area contributed by atoms with Crippen molar-refractivity contribution in [2.24, 2.45) is 11.8 Å². The molecule has 0 aromatic heterocycles. The Morgan fingerprint density at radius 2 is 2.14 bits per heavy atom. The van der Waals surface area contributed by atoms with E-state index in [1.165, 1.54) is 0 Å². The Kier molecular flexibility index (Phi) is 3.53. The molecule has 0 radical (unpaired) electrons. The average molecular weight is 199 g/mol. The van der Waals surface area contributed by atoms with Crippen LogP contribution in [0.2, 0.25) is 0 Å². The van der Waals surface area contributed by atoms with Gasteiger partial charge in [0.2, 0.25) is 0 Å². The maximum absolute atomic E-state index is 10.7. The Hall–Kier alpha value is -0.570. The highest BCUT2D eigenvalue weighted by atomic mass is 16.4. The fraction of sp³-hybridized carbons (Fsp3) is 0.909. The highest BCUT2D eigenvalue weighted by Gasteiger charge is 2.45. The first kappa shape index (κ1) is 11.5. The Bertz CT molecular complexity index is 207. The van der Waals surface area contributed by atoms with Crippen LogP contribution in [0.3, 0.4) is 0 Å². The minimum absolute atomic E-state index is 0.102. The molecule has 1 fully saturated rings. The van der Waals surface area contributed by atoms with Crippen molar-refractivity contribution in [1.29, 1.82) is 0 Å². The lowest BCUT2D eigenvalue weighted by atomic mass is 9.62. The number of rotatable bonds is 5. The quantitative estimate of drug-likeness (QED) is 0.710. The van der Waals surface area contributed by atoms with Crippen LogP contribution in [-0.4, -0.2) is 23.2 Å². The predicted molar refractivity (Wildman–Crippen MR) is 56.2 cm³/mol. The summed E-state index contributed by atoms with van der Waals surface area (Å²) in [5.74, 6) is 0.692. The molecule has 1 rings (SSSR count). The second-order valence-corrected chi connectivity index (χ2v) is 4.79. The van der Waals surface area contributed by atoms with E-state index in [1.54, 1.807) is 0 Å². The van der Waals surface area contributed by atoms with Crippen LogP contribution < -0.4 is 5.32 Å². The number of nitrogens with one attached hydrogen (secondary N) is 1. The van der Waals surface area contributed by atoms with E-state index >= 15 is 0 Å². The number of carboxylic acid groups (broad SMARTS) is 1. The monoisotopic (exact) mass is 199 g/mol. The Labute approximate surface area is 85.9 Å². The van der Waals surface area contributed by atoms with Crippen LogP contribution in [0.25, 0.3) is 0 Å². The fourth-order valence-electron chi connectivity index (χ4n) is 2.43. The van der Waals surface area contributed by atoms with Crippen molar-refractivity contribution in [2.45, 2.75) is 45.6 Å². The van der Waals surface area contributed by atoms with Gasteiger partial charge in [-0.1, -0.05) is 20.8 Å². The highest BCUT2D eigenvalue weighted by molar-refractivity contribution is 5.68. The largest absolute Gasteiger partial charge is 0.481 e. The van der Waals surface area contributed by atoms with Crippen LogP contribution in [0.4, 0.5) is 0 Å². The maximum Gasteiger partial charge on any atom is 0.305 e. The molecule has 0 heterocycles. The summed E-state index contributed by atoms with van der Waals surface area (Å²) in [4.78, 5) is 10.7. The van der Waals surface area contributed by atoms with Gasteiger partial charge in [0.1, 0.15) is 0 Å². The van der Waals surface area contributed by atoms with Gasteiger partial charge in [0.05, 0.1) is 6.42 Å². The molecule has 0 amide bonds. The molecular formula is C11H21NO2. The SMILES string of the molecule is CCNC1(CC(=O)O)CC(C(C)C)C1. The first-order chi connectivity index (χ1) is 6.49. The summed E-state index contributed by atoms with van der Waals surface area (Å²) in [7, 11) is 0. The van der Waals surface area contributed by atoms with Gasteiger partial charge in [0.15, 0.2) is 0 Å². The van der Waals surface area contributed by atoms with E-state index < -0.39 is 5.97 Å². The Morgan fingerprint density at radius 1 is 1.57 bits per heavy atom. The third-order valence-electron chi connectivity index (χ3n) is 3.29. The average Bonchev–Trinajstić information content (AvgIpc) is 1.97. The molecule has 1 saturated carbocycles. The molecule has 0 aromatic rings. The van der Waals surface area contributed by atoms with Gasteiger partial charge in [-0.25, -0.2) is 0 Å². The molecule has 0 aromatic carbocycles. The topological polar surface area (TPSA) is 49.3 Å². The predicted octanol–water partition coefficient (Wildman–Crippen LogP) is 1.88. The van der Waals surface area contributed by atoms with E-state index in [-0.39, 0.29) is 12.0 Å². The third kappa shape index (κ3) is 2.47. The van der Waals surface area contributed by atoms with Gasteiger partial charge >= 0.3 is 5.97 Å². The normalized spacial score (nSPS) is 31.6. The number of hydrogen-bond donors (Lipinski definition) is 2. The fourth-order valence-corrected chi connectivity index (χ4v) is 2.43. The Balaban J connectivity index is 2.48. The zero-order valence-electron chi connectivity index (χ0n) is 9.34. The molecule has 82 valence electrons. The van der Waals surface area contributed by atoms with Crippen molar-refractivity contribution < 1.29 is 9.90 Å². The minimum Gasteiger partial charge on any atom is -0.481 e. The standard InChI is InChI=1S/C11H21NO2/c1-4-12-11(7-10(13)14)5-9(6-11)8(2)3/h8-9,12H,4-7H2,1-3H3,(H,13,14). The smallest absolute Gasteiger partial charge is 0.305 e. The summed E-state index contributed by atoms with van der Waals surface area (Å²) >= 11 is 0. The second-order valence-electron chi connectivity index (χ2n) is 4.79. The zero-order chi connectivity index (χ0) is 10.8. The van der Waals surface area contributed by atoms with Crippen molar-refractivity contribution in [3.63, 3.8) is 0 Å². The van der Waals surface area contributed by atoms with Crippen LogP contribution in [0.15, 0.2) is 0 Å². The van der Waals surface area contributed by atoms with Crippen molar-refractivity contribution >= 4 is 5.97 Å². The first-order valence-electron chi connectivity index (χ1n) is 5.46. The highest BCUT2D eigenvalue weighted by Crippen LogP contribution is 2.44. The van der Waals surface area contributed by atoms with Crippen LogP contribution in [0.5, 0.6) is 0 Å². The molecule has 0 unspecified atom stereocenters. The van der Waals surface area contributed by atoms with Crippen molar-refractivity contribution in [3.8, 4) is 0 Å². The van der Waals surface area contributed by atoms with E-state index in [9.17, 15) is 4.79 Å². The summed E-state index contributed by atoms with van der Waals surface area (Å²) in [6.45, 7) is 7.31. The molecule has 0 spiro atoms. The van der Waals surface area contributed by atoms with Crippen LogP contribution in [0, 0.1) is 11.8 Å². The number of hydrogen-bond acceptors (Lipinski definition) is 2. The van der Waals surface area contributed by atoms with Crippen LogP contribution >= 0.6 is 0 Å². The van der Waals surface area contributed by atoms with E-state index in [0.29, 0.717) is 11.8 Å². The lowest BCUT2D eigenvalue weighted by Gasteiger charge is -2.49. The van der Waals surface area contributed by atoms with Crippen LogP contribution in [0.1, 0.15) is 40.0 Å².